The smallest absolute Gasteiger partial charge is 0.192 e. The summed E-state index contributed by atoms with van der Waals surface area (Å²) in [5.41, 5.74) is 0.451. The molecule has 0 aromatic rings. The molecule has 4 unspecified atom stereocenters. The van der Waals surface area contributed by atoms with Gasteiger partial charge in [-0.25, -0.2) is 0 Å². The second-order valence-electron chi connectivity index (χ2n) is 12.5. The van der Waals surface area contributed by atoms with E-state index in [2.05, 4.69) is 47.7 Å². The van der Waals surface area contributed by atoms with Crippen LogP contribution >= 0.6 is 0 Å². The molecule has 7 atom stereocenters. The Morgan fingerprint density at radius 1 is 1.03 bits per heavy atom. The summed E-state index contributed by atoms with van der Waals surface area (Å²) < 4.78 is 6.97. The van der Waals surface area contributed by atoms with Crippen molar-refractivity contribution in [2.75, 3.05) is 0 Å². The minimum Gasteiger partial charge on any atom is -0.411 e. The summed E-state index contributed by atoms with van der Waals surface area (Å²) in [4.78, 5) is 25.2. The maximum absolute atomic E-state index is 12.9. The largest absolute Gasteiger partial charge is 0.411 e. The van der Waals surface area contributed by atoms with E-state index in [0.29, 0.717) is 24.5 Å². The summed E-state index contributed by atoms with van der Waals surface area (Å²) in [6.07, 6.45) is 5.50. The Morgan fingerprint density at radius 3 is 2.30 bits per heavy atom. The summed E-state index contributed by atoms with van der Waals surface area (Å²) in [5.74, 6) is 1.33. The van der Waals surface area contributed by atoms with Gasteiger partial charge >= 0.3 is 0 Å². The van der Waals surface area contributed by atoms with Gasteiger partial charge in [0, 0.05) is 18.3 Å². The minimum atomic E-state index is -2.15. The molecule has 3 saturated carbocycles. The second kappa shape index (κ2) is 6.86. The number of carbonyl (C=O) groups excluding carboxylic acids is 2. The molecule has 5 heteroatoms. The van der Waals surface area contributed by atoms with Crippen LogP contribution in [0, 0.1) is 28.6 Å². The first-order valence-corrected chi connectivity index (χ1v) is 14.8. The quantitative estimate of drug-likeness (QED) is 0.620. The van der Waals surface area contributed by atoms with E-state index in [1.54, 1.807) is 6.08 Å². The lowest BCUT2D eigenvalue weighted by Crippen LogP contribution is -2.63. The molecule has 0 aromatic carbocycles. The maximum atomic E-state index is 12.9. The highest BCUT2D eigenvalue weighted by Crippen LogP contribution is 2.65. The lowest BCUT2D eigenvalue weighted by molar-refractivity contribution is -0.151. The average Bonchev–Trinajstić information content (AvgIpc) is 2.94. The van der Waals surface area contributed by atoms with E-state index in [9.17, 15) is 14.7 Å². The maximum Gasteiger partial charge on any atom is 0.192 e. The second-order valence-corrected chi connectivity index (χ2v) is 17.2. The molecule has 0 saturated heterocycles. The van der Waals surface area contributed by atoms with Crippen LogP contribution in [0.5, 0.6) is 0 Å². The van der Waals surface area contributed by atoms with E-state index in [1.165, 1.54) is 0 Å². The first kappa shape index (κ1) is 22.4. The molecule has 4 aliphatic carbocycles. The van der Waals surface area contributed by atoms with Crippen LogP contribution in [-0.2, 0) is 14.0 Å². The van der Waals surface area contributed by atoms with Gasteiger partial charge in [-0.05, 0) is 78.6 Å². The van der Waals surface area contributed by atoms with Crippen LogP contribution in [0.4, 0.5) is 0 Å². The third-order valence-corrected chi connectivity index (χ3v) is 14.4. The molecule has 0 aliphatic heterocycles. The molecule has 4 aliphatic rings. The zero-order valence-electron chi connectivity index (χ0n) is 19.9. The van der Waals surface area contributed by atoms with Crippen molar-refractivity contribution in [3.05, 3.63) is 11.6 Å². The van der Waals surface area contributed by atoms with E-state index in [4.69, 9.17) is 4.43 Å². The number of carbonyl (C=O) groups is 2. The standard InChI is InChI=1S/C25H40O4Si/c1-23(2,3)30(6,7)29-22-20-16-8-9-19(27)25(16,5)13-11-17(20)24(4)12-10-15(26)14-18(24)21(22)28/h14,16-17,20-22,28H,8-13H2,1-7H3/t16?,17?,20?,21-,22?,24-,25+/m1/s1. The number of hydrogen-bond acceptors (Lipinski definition) is 4. The average molecular weight is 433 g/mol. The molecule has 0 radical (unpaired) electrons. The zero-order valence-corrected chi connectivity index (χ0v) is 20.9. The Labute approximate surface area is 183 Å². The summed E-state index contributed by atoms with van der Waals surface area (Å²) in [6.45, 7) is 15.6. The van der Waals surface area contributed by atoms with Crippen LogP contribution in [0.1, 0.15) is 73.1 Å². The summed E-state index contributed by atoms with van der Waals surface area (Å²) in [7, 11) is -2.15. The van der Waals surface area contributed by atoms with Gasteiger partial charge in [-0.2, -0.15) is 0 Å². The lowest BCUT2D eigenvalue weighted by atomic mass is 9.46. The molecule has 1 N–H and O–H groups in total. The van der Waals surface area contributed by atoms with Crippen molar-refractivity contribution in [3.63, 3.8) is 0 Å². The predicted molar refractivity (Wildman–Crippen MR) is 121 cm³/mol. The van der Waals surface area contributed by atoms with Crippen LogP contribution in [0.3, 0.4) is 0 Å². The molecular formula is C25H40O4Si. The fourth-order valence-electron chi connectivity index (χ4n) is 6.98. The first-order valence-electron chi connectivity index (χ1n) is 11.9. The lowest BCUT2D eigenvalue weighted by Gasteiger charge is -2.61. The molecule has 4 nitrogen and oxygen atoms in total. The zero-order chi connectivity index (χ0) is 22.3. The molecule has 3 fully saturated rings. The first-order chi connectivity index (χ1) is 13.7. The Balaban J connectivity index is 1.82. The van der Waals surface area contributed by atoms with E-state index >= 15 is 0 Å². The topological polar surface area (TPSA) is 63.6 Å². The Hall–Kier alpha value is -0.783. The highest BCUT2D eigenvalue weighted by molar-refractivity contribution is 6.74. The fourth-order valence-corrected chi connectivity index (χ4v) is 8.30. The van der Waals surface area contributed by atoms with Crippen molar-refractivity contribution in [1.82, 2.24) is 0 Å². The molecule has 0 aromatic heterocycles. The summed E-state index contributed by atoms with van der Waals surface area (Å²) in [6, 6.07) is 0. The van der Waals surface area contributed by atoms with Gasteiger partial charge in [0.1, 0.15) is 11.9 Å². The Kier molecular flexibility index (Phi) is 5.12. The Bertz CT molecular complexity index is 793. The van der Waals surface area contributed by atoms with Gasteiger partial charge in [-0.15, -0.1) is 0 Å². The molecular weight excluding hydrogens is 392 g/mol. The fraction of sp³-hybridized carbons (Fsp3) is 0.840. The predicted octanol–water partition coefficient (Wildman–Crippen LogP) is 5.06. The summed E-state index contributed by atoms with van der Waals surface area (Å²) in [5, 5.41) is 11.7. The molecule has 4 rings (SSSR count). The number of Topliss-reactive ketones (excluding diaryl/α,β-unsaturated/α-hetero) is 1. The Morgan fingerprint density at radius 2 is 1.67 bits per heavy atom. The van der Waals surface area contributed by atoms with Crippen molar-refractivity contribution in [3.8, 4) is 0 Å². The number of fused-ring (bicyclic) bond motifs is 5. The molecule has 0 bridgehead atoms. The normalized spacial score (nSPS) is 44.3. The monoisotopic (exact) mass is 432 g/mol. The van der Waals surface area contributed by atoms with E-state index in [-0.39, 0.29) is 39.6 Å². The highest BCUT2D eigenvalue weighted by Gasteiger charge is 2.64. The van der Waals surface area contributed by atoms with Gasteiger partial charge < -0.3 is 9.53 Å². The third-order valence-electron chi connectivity index (χ3n) is 9.97. The highest BCUT2D eigenvalue weighted by atomic mass is 28.4. The van der Waals surface area contributed by atoms with Crippen molar-refractivity contribution >= 4 is 19.9 Å². The van der Waals surface area contributed by atoms with E-state index in [0.717, 1.165) is 31.3 Å². The van der Waals surface area contributed by atoms with Gasteiger partial charge in [-0.1, -0.05) is 34.6 Å². The third kappa shape index (κ3) is 3.06. The van der Waals surface area contributed by atoms with Gasteiger partial charge in [0.05, 0.1) is 6.10 Å². The molecule has 30 heavy (non-hydrogen) atoms. The molecule has 168 valence electrons. The van der Waals surface area contributed by atoms with E-state index in [1.807, 2.05) is 0 Å². The van der Waals surface area contributed by atoms with Crippen LogP contribution in [0.15, 0.2) is 11.6 Å². The number of ketones is 2. The summed E-state index contributed by atoms with van der Waals surface area (Å²) >= 11 is 0. The SMILES string of the molecule is CC(C)(C)[Si](C)(C)OC1C2C(CC[C@]3(C)C(=O)CCC23)[C@@]2(C)CCC(=O)C=C2[C@H]1O. The molecule has 0 heterocycles. The van der Waals surface area contributed by atoms with Crippen molar-refractivity contribution < 1.29 is 19.1 Å². The van der Waals surface area contributed by atoms with E-state index < -0.39 is 14.4 Å². The molecule has 0 spiro atoms. The van der Waals surface area contributed by atoms with Crippen molar-refractivity contribution in [2.45, 2.75) is 103 Å². The van der Waals surface area contributed by atoms with Crippen LogP contribution in [0.2, 0.25) is 18.1 Å². The van der Waals surface area contributed by atoms with Gasteiger partial charge in [0.25, 0.3) is 0 Å². The van der Waals surface area contributed by atoms with Crippen LogP contribution in [-0.4, -0.2) is 37.2 Å². The van der Waals surface area contributed by atoms with Crippen LogP contribution in [0.25, 0.3) is 0 Å². The number of aliphatic hydroxyl groups excluding tert-OH is 1. The number of aliphatic hydroxyl groups is 1. The molecule has 0 amide bonds. The van der Waals surface area contributed by atoms with Crippen molar-refractivity contribution in [1.29, 1.82) is 0 Å². The number of rotatable bonds is 2. The minimum absolute atomic E-state index is 0.0310. The van der Waals surface area contributed by atoms with Crippen molar-refractivity contribution in [2.24, 2.45) is 28.6 Å². The van der Waals surface area contributed by atoms with Crippen LogP contribution < -0.4 is 0 Å². The van der Waals surface area contributed by atoms with Gasteiger partial charge in [-0.3, -0.25) is 9.59 Å². The number of hydrogen-bond donors (Lipinski definition) is 1. The van der Waals surface area contributed by atoms with Gasteiger partial charge in [0.2, 0.25) is 0 Å². The van der Waals surface area contributed by atoms with Gasteiger partial charge in [0.15, 0.2) is 14.1 Å².